The van der Waals surface area contributed by atoms with Gasteiger partial charge in [0, 0.05) is 13.1 Å². The zero-order chi connectivity index (χ0) is 15.0. The molecule has 20 heavy (non-hydrogen) atoms. The second-order valence-corrected chi connectivity index (χ2v) is 5.28. The molecule has 8 heteroatoms. The number of ether oxygens (including phenoxy) is 2. The Labute approximate surface area is 122 Å². The van der Waals surface area contributed by atoms with E-state index in [0.29, 0.717) is 26.3 Å². The second kappa shape index (κ2) is 8.80. The first-order valence-corrected chi connectivity index (χ1v) is 7.50. The molecule has 114 valence electrons. The van der Waals surface area contributed by atoms with Crippen molar-refractivity contribution in [3.63, 3.8) is 0 Å². The zero-order valence-corrected chi connectivity index (χ0v) is 12.5. The summed E-state index contributed by atoms with van der Waals surface area (Å²) in [5.41, 5.74) is 0. The maximum Gasteiger partial charge on any atom is 0.328 e. The molecule has 1 unspecified atom stereocenters. The standard InChI is InChI=1S/C12H20N2O5S/c1-9(12(17)18-2)13-10(15)7-20-8-11(16)14-3-5-19-6-4-14/h9H,3-8H2,1-2H3,(H,13,15). The van der Waals surface area contributed by atoms with E-state index < -0.39 is 12.0 Å². The van der Waals surface area contributed by atoms with Crippen LogP contribution >= 0.6 is 11.8 Å². The normalized spacial score (nSPS) is 16.4. The van der Waals surface area contributed by atoms with Gasteiger partial charge in [-0.25, -0.2) is 4.79 Å². The lowest BCUT2D eigenvalue weighted by Gasteiger charge is -2.26. The van der Waals surface area contributed by atoms with Gasteiger partial charge in [0.05, 0.1) is 31.8 Å². The van der Waals surface area contributed by atoms with E-state index in [1.807, 2.05) is 0 Å². The highest BCUT2D eigenvalue weighted by Gasteiger charge is 2.18. The van der Waals surface area contributed by atoms with Gasteiger partial charge in [-0.2, -0.15) is 0 Å². The van der Waals surface area contributed by atoms with E-state index in [4.69, 9.17) is 4.74 Å². The number of carbonyl (C=O) groups is 3. The van der Waals surface area contributed by atoms with Gasteiger partial charge in [0.2, 0.25) is 11.8 Å². The third-order valence-electron chi connectivity index (χ3n) is 2.75. The van der Waals surface area contributed by atoms with Gasteiger partial charge in [-0.15, -0.1) is 11.8 Å². The number of nitrogens with one attached hydrogen (secondary N) is 1. The van der Waals surface area contributed by atoms with Crippen molar-refractivity contribution in [3.8, 4) is 0 Å². The van der Waals surface area contributed by atoms with Crippen LogP contribution in [-0.4, -0.2) is 73.6 Å². The molecule has 0 aromatic heterocycles. The van der Waals surface area contributed by atoms with Crippen LogP contribution in [0.2, 0.25) is 0 Å². The van der Waals surface area contributed by atoms with Gasteiger partial charge in [-0.05, 0) is 6.92 Å². The molecule has 0 radical (unpaired) electrons. The number of rotatable bonds is 6. The van der Waals surface area contributed by atoms with Gasteiger partial charge in [0.25, 0.3) is 0 Å². The molecule has 2 amide bonds. The van der Waals surface area contributed by atoms with Gasteiger partial charge >= 0.3 is 5.97 Å². The average molecular weight is 304 g/mol. The summed E-state index contributed by atoms with van der Waals surface area (Å²) >= 11 is 1.23. The Bertz CT molecular complexity index is 358. The number of methoxy groups -OCH3 is 1. The van der Waals surface area contributed by atoms with Crippen LogP contribution in [0.15, 0.2) is 0 Å². The van der Waals surface area contributed by atoms with Crippen LogP contribution in [0, 0.1) is 0 Å². The summed E-state index contributed by atoms with van der Waals surface area (Å²) < 4.78 is 9.66. The highest BCUT2D eigenvalue weighted by Crippen LogP contribution is 2.05. The molecule has 1 aliphatic rings. The lowest BCUT2D eigenvalue weighted by molar-refractivity contribution is -0.144. The van der Waals surface area contributed by atoms with E-state index in [-0.39, 0.29) is 23.3 Å². The first-order valence-electron chi connectivity index (χ1n) is 6.35. The Morgan fingerprint density at radius 2 is 1.95 bits per heavy atom. The molecule has 1 saturated heterocycles. The fraction of sp³-hybridized carbons (Fsp3) is 0.750. The number of amides is 2. The Morgan fingerprint density at radius 1 is 1.30 bits per heavy atom. The van der Waals surface area contributed by atoms with Gasteiger partial charge in [0.15, 0.2) is 0 Å². The first-order chi connectivity index (χ1) is 9.54. The van der Waals surface area contributed by atoms with Crippen molar-refractivity contribution in [2.45, 2.75) is 13.0 Å². The summed E-state index contributed by atoms with van der Waals surface area (Å²) in [7, 11) is 1.26. The van der Waals surface area contributed by atoms with Crippen molar-refractivity contribution < 1.29 is 23.9 Å². The Morgan fingerprint density at radius 3 is 2.55 bits per heavy atom. The van der Waals surface area contributed by atoms with E-state index >= 15 is 0 Å². The molecule has 1 fully saturated rings. The summed E-state index contributed by atoms with van der Waals surface area (Å²) in [6.45, 7) is 3.88. The van der Waals surface area contributed by atoms with Crippen molar-refractivity contribution in [3.05, 3.63) is 0 Å². The van der Waals surface area contributed by atoms with Gasteiger partial charge in [-0.1, -0.05) is 0 Å². The number of nitrogens with zero attached hydrogens (tertiary/aromatic N) is 1. The highest BCUT2D eigenvalue weighted by molar-refractivity contribution is 8.00. The zero-order valence-electron chi connectivity index (χ0n) is 11.7. The van der Waals surface area contributed by atoms with Crippen LogP contribution in [0.5, 0.6) is 0 Å². The predicted octanol–water partition coefficient (Wildman–Crippen LogP) is -0.744. The lowest BCUT2D eigenvalue weighted by atomic mass is 10.3. The topological polar surface area (TPSA) is 84.9 Å². The van der Waals surface area contributed by atoms with Gasteiger partial charge < -0.3 is 19.7 Å². The third kappa shape index (κ3) is 5.79. The summed E-state index contributed by atoms with van der Waals surface area (Å²) in [6.07, 6.45) is 0. The molecule has 0 aromatic carbocycles. The SMILES string of the molecule is COC(=O)C(C)NC(=O)CSCC(=O)N1CCOCC1. The fourth-order valence-corrected chi connectivity index (χ4v) is 2.38. The van der Waals surface area contributed by atoms with Crippen LogP contribution in [0.1, 0.15) is 6.92 Å². The molecule has 0 bridgehead atoms. The predicted molar refractivity (Wildman–Crippen MR) is 74.3 cm³/mol. The number of hydrogen-bond acceptors (Lipinski definition) is 6. The minimum atomic E-state index is -0.678. The quantitative estimate of drug-likeness (QED) is 0.650. The molecule has 7 nitrogen and oxygen atoms in total. The van der Waals surface area contributed by atoms with Crippen molar-refractivity contribution >= 4 is 29.5 Å². The second-order valence-electron chi connectivity index (χ2n) is 4.30. The molecule has 0 aliphatic carbocycles. The van der Waals surface area contributed by atoms with Crippen LogP contribution in [0.25, 0.3) is 0 Å². The maximum absolute atomic E-state index is 11.8. The van der Waals surface area contributed by atoms with Crippen molar-refractivity contribution in [1.29, 1.82) is 0 Å². The van der Waals surface area contributed by atoms with E-state index in [0.717, 1.165) is 0 Å². The van der Waals surface area contributed by atoms with Crippen molar-refractivity contribution in [2.24, 2.45) is 0 Å². The number of hydrogen-bond donors (Lipinski definition) is 1. The smallest absolute Gasteiger partial charge is 0.328 e. The van der Waals surface area contributed by atoms with Crippen LogP contribution in [0.3, 0.4) is 0 Å². The lowest BCUT2D eigenvalue weighted by Crippen LogP contribution is -2.42. The van der Waals surface area contributed by atoms with E-state index in [9.17, 15) is 14.4 Å². The molecule has 0 saturated carbocycles. The molecule has 1 N–H and O–H groups in total. The summed E-state index contributed by atoms with van der Waals surface area (Å²) in [5, 5.41) is 2.50. The van der Waals surface area contributed by atoms with Crippen molar-refractivity contribution in [1.82, 2.24) is 10.2 Å². The van der Waals surface area contributed by atoms with Crippen LogP contribution < -0.4 is 5.32 Å². The number of thioether (sulfide) groups is 1. The molecule has 1 atom stereocenters. The third-order valence-corrected chi connectivity index (χ3v) is 3.67. The summed E-state index contributed by atoms with van der Waals surface area (Å²) in [4.78, 5) is 36.2. The van der Waals surface area contributed by atoms with Gasteiger partial charge in [0.1, 0.15) is 6.04 Å². The minimum absolute atomic E-state index is 0.00659. The van der Waals surface area contributed by atoms with E-state index in [2.05, 4.69) is 10.1 Å². The average Bonchev–Trinajstić information content (AvgIpc) is 2.47. The fourth-order valence-electron chi connectivity index (χ4n) is 1.65. The van der Waals surface area contributed by atoms with Crippen LogP contribution in [-0.2, 0) is 23.9 Å². The Kier molecular flexibility index (Phi) is 7.38. The first kappa shape index (κ1) is 16.8. The number of esters is 1. The Hall–Kier alpha value is -1.28. The highest BCUT2D eigenvalue weighted by atomic mass is 32.2. The molecular weight excluding hydrogens is 284 g/mol. The summed E-state index contributed by atoms with van der Waals surface area (Å²) in [6, 6.07) is -0.678. The van der Waals surface area contributed by atoms with Crippen LogP contribution in [0.4, 0.5) is 0 Å². The number of morpholine rings is 1. The molecule has 0 spiro atoms. The Balaban J connectivity index is 2.18. The van der Waals surface area contributed by atoms with E-state index in [1.165, 1.54) is 18.9 Å². The minimum Gasteiger partial charge on any atom is -0.467 e. The molecule has 1 heterocycles. The molecule has 0 aromatic rings. The summed E-state index contributed by atoms with van der Waals surface area (Å²) in [5.74, 6) is -0.389. The number of carbonyl (C=O) groups excluding carboxylic acids is 3. The molecule has 1 aliphatic heterocycles. The molecule has 1 rings (SSSR count). The monoisotopic (exact) mass is 304 g/mol. The largest absolute Gasteiger partial charge is 0.467 e. The van der Waals surface area contributed by atoms with Crippen molar-refractivity contribution in [2.75, 3.05) is 44.9 Å². The maximum atomic E-state index is 11.8. The van der Waals surface area contributed by atoms with E-state index in [1.54, 1.807) is 11.8 Å². The van der Waals surface area contributed by atoms with Gasteiger partial charge in [-0.3, -0.25) is 9.59 Å². The molecular formula is C12H20N2O5S.